The molecular formula is C13H21N3O4. The number of ether oxygens (including phenoxy) is 1. The van der Waals surface area contributed by atoms with E-state index in [4.69, 9.17) is 15.0 Å². The summed E-state index contributed by atoms with van der Waals surface area (Å²) < 4.78 is 10.6. The van der Waals surface area contributed by atoms with Gasteiger partial charge in [-0.05, 0) is 13.1 Å². The Morgan fingerprint density at radius 3 is 2.90 bits per heavy atom. The third-order valence-corrected chi connectivity index (χ3v) is 3.46. The molecule has 0 atom stereocenters. The van der Waals surface area contributed by atoms with Crippen molar-refractivity contribution < 1.29 is 19.1 Å². The fourth-order valence-corrected chi connectivity index (χ4v) is 2.40. The van der Waals surface area contributed by atoms with Gasteiger partial charge in [-0.3, -0.25) is 15.1 Å². The molecule has 20 heavy (non-hydrogen) atoms. The number of nitrogens with one attached hydrogen (secondary N) is 1. The van der Waals surface area contributed by atoms with E-state index in [1.54, 1.807) is 6.07 Å². The van der Waals surface area contributed by atoms with Crippen molar-refractivity contribution >= 4 is 5.91 Å². The van der Waals surface area contributed by atoms with Crippen LogP contribution in [0.25, 0.3) is 0 Å². The summed E-state index contributed by atoms with van der Waals surface area (Å²) >= 11 is 0. The lowest BCUT2D eigenvalue weighted by Crippen LogP contribution is -2.45. The first-order valence-electron chi connectivity index (χ1n) is 6.59. The molecule has 0 spiro atoms. The number of furan rings is 1. The van der Waals surface area contributed by atoms with Crippen LogP contribution < -0.4 is 11.3 Å². The second-order valence-corrected chi connectivity index (χ2v) is 5.28. The quantitative estimate of drug-likeness (QED) is 0.395. The molecular weight excluding hydrogens is 262 g/mol. The molecule has 4 N–H and O–H groups in total. The topological polar surface area (TPSA) is 101 Å². The van der Waals surface area contributed by atoms with Crippen LogP contribution in [0, 0.1) is 0 Å². The van der Waals surface area contributed by atoms with E-state index in [9.17, 15) is 9.90 Å². The number of hydrazine groups is 1. The second kappa shape index (κ2) is 6.36. The van der Waals surface area contributed by atoms with Gasteiger partial charge in [-0.25, -0.2) is 5.84 Å². The van der Waals surface area contributed by atoms with Crippen molar-refractivity contribution in [3.8, 4) is 0 Å². The van der Waals surface area contributed by atoms with Gasteiger partial charge in [-0.2, -0.15) is 0 Å². The van der Waals surface area contributed by atoms with Crippen molar-refractivity contribution in [3.05, 3.63) is 23.7 Å². The Hall–Kier alpha value is -1.41. The van der Waals surface area contributed by atoms with Gasteiger partial charge in [0.1, 0.15) is 12.0 Å². The molecule has 1 aliphatic heterocycles. The highest BCUT2D eigenvalue weighted by Gasteiger charge is 2.31. The second-order valence-electron chi connectivity index (χ2n) is 5.28. The zero-order chi connectivity index (χ0) is 14.6. The van der Waals surface area contributed by atoms with Crippen molar-refractivity contribution in [2.24, 2.45) is 5.84 Å². The van der Waals surface area contributed by atoms with Gasteiger partial charge < -0.3 is 14.3 Å². The third kappa shape index (κ3) is 3.80. The van der Waals surface area contributed by atoms with E-state index < -0.39 is 5.60 Å². The molecule has 0 aromatic carbocycles. The number of nitrogens with two attached hydrogens (primary N) is 1. The Bertz CT molecular complexity index is 454. The molecule has 0 saturated carbocycles. The van der Waals surface area contributed by atoms with Crippen molar-refractivity contribution in [1.29, 1.82) is 0 Å². The average Bonchev–Trinajstić information content (AvgIpc) is 2.86. The first-order chi connectivity index (χ1) is 9.52. The van der Waals surface area contributed by atoms with E-state index in [0.29, 0.717) is 50.5 Å². The van der Waals surface area contributed by atoms with Crippen molar-refractivity contribution in [2.45, 2.75) is 25.0 Å². The molecule has 1 amide bonds. The van der Waals surface area contributed by atoms with Crippen LogP contribution in [0.4, 0.5) is 0 Å². The van der Waals surface area contributed by atoms with E-state index >= 15 is 0 Å². The summed E-state index contributed by atoms with van der Waals surface area (Å²) in [5.74, 6) is 5.33. The number of rotatable bonds is 5. The lowest BCUT2D eigenvalue weighted by Gasteiger charge is -2.35. The van der Waals surface area contributed by atoms with Crippen LogP contribution in [0.5, 0.6) is 0 Å². The molecule has 1 aliphatic rings. The molecule has 2 rings (SSSR count). The Kier molecular flexibility index (Phi) is 4.77. The number of amides is 1. The van der Waals surface area contributed by atoms with Crippen LogP contribution in [0.15, 0.2) is 16.7 Å². The van der Waals surface area contributed by atoms with E-state index in [1.807, 2.05) is 11.9 Å². The number of likely N-dealkylation sites (N-methyl/N-ethyl adjacent to an activating group) is 1. The maximum absolute atomic E-state index is 11.3. The summed E-state index contributed by atoms with van der Waals surface area (Å²) in [7, 11) is 1.90. The van der Waals surface area contributed by atoms with Crippen LogP contribution >= 0.6 is 0 Å². The average molecular weight is 283 g/mol. The number of aliphatic hydroxyl groups is 1. The van der Waals surface area contributed by atoms with E-state index in [2.05, 4.69) is 5.43 Å². The Morgan fingerprint density at radius 2 is 2.25 bits per heavy atom. The van der Waals surface area contributed by atoms with Crippen LogP contribution in [-0.4, -0.2) is 48.3 Å². The molecule has 1 aromatic rings. The number of hydrogen-bond acceptors (Lipinski definition) is 6. The smallest absolute Gasteiger partial charge is 0.268 e. The lowest BCUT2D eigenvalue weighted by molar-refractivity contribution is -0.0782. The zero-order valence-electron chi connectivity index (χ0n) is 11.6. The third-order valence-electron chi connectivity index (χ3n) is 3.46. The molecule has 0 bridgehead atoms. The summed E-state index contributed by atoms with van der Waals surface area (Å²) in [6, 6.07) is 1.65. The van der Waals surface area contributed by atoms with Crippen molar-refractivity contribution in [3.63, 3.8) is 0 Å². The molecule has 7 nitrogen and oxygen atoms in total. The highest BCUT2D eigenvalue weighted by atomic mass is 16.5. The lowest BCUT2D eigenvalue weighted by atomic mass is 9.94. The fourth-order valence-electron chi connectivity index (χ4n) is 2.40. The molecule has 2 heterocycles. The van der Waals surface area contributed by atoms with Crippen LogP contribution in [0.3, 0.4) is 0 Å². The van der Waals surface area contributed by atoms with Gasteiger partial charge >= 0.3 is 0 Å². The largest absolute Gasteiger partial charge is 0.467 e. The number of nitrogens with zero attached hydrogens (tertiary/aromatic N) is 1. The van der Waals surface area contributed by atoms with Crippen LogP contribution in [0.2, 0.25) is 0 Å². The Labute approximate surface area is 117 Å². The zero-order valence-corrected chi connectivity index (χ0v) is 11.6. The van der Waals surface area contributed by atoms with Gasteiger partial charge in [-0.15, -0.1) is 0 Å². The Balaban J connectivity index is 1.89. The number of hydrogen-bond donors (Lipinski definition) is 3. The molecule has 7 heteroatoms. The molecule has 1 aromatic heterocycles. The summed E-state index contributed by atoms with van der Waals surface area (Å²) in [6.07, 6.45) is 2.64. The highest BCUT2D eigenvalue weighted by molar-refractivity contribution is 5.93. The van der Waals surface area contributed by atoms with Crippen molar-refractivity contribution in [2.75, 3.05) is 26.8 Å². The molecule has 112 valence electrons. The molecule has 1 fully saturated rings. The maximum Gasteiger partial charge on any atom is 0.268 e. The highest BCUT2D eigenvalue weighted by Crippen LogP contribution is 2.22. The minimum atomic E-state index is -0.711. The van der Waals surface area contributed by atoms with Gasteiger partial charge in [0.25, 0.3) is 5.91 Å². The summed E-state index contributed by atoms with van der Waals surface area (Å²) in [5.41, 5.74) is 1.73. The Morgan fingerprint density at radius 1 is 1.55 bits per heavy atom. The minimum absolute atomic E-state index is 0.384. The van der Waals surface area contributed by atoms with Gasteiger partial charge in [-0.1, -0.05) is 0 Å². The summed E-state index contributed by atoms with van der Waals surface area (Å²) in [5, 5.41) is 10.4. The van der Waals surface area contributed by atoms with Crippen molar-refractivity contribution in [1.82, 2.24) is 10.3 Å². The van der Waals surface area contributed by atoms with Gasteiger partial charge in [0, 0.05) is 32.6 Å². The standard InChI is InChI=1S/C13H21N3O4/c1-16(9-13(18)2-4-19-5-3-13)7-11-6-10(8-20-11)12(17)15-14/h6,8,18H,2-5,7,9,14H2,1H3,(H,15,17). The van der Waals surface area contributed by atoms with E-state index in [0.717, 1.165) is 0 Å². The molecule has 0 radical (unpaired) electrons. The normalized spacial score (nSPS) is 18.2. The minimum Gasteiger partial charge on any atom is -0.467 e. The van der Waals surface area contributed by atoms with E-state index in [-0.39, 0.29) is 5.91 Å². The molecule has 0 aliphatic carbocycles. The number of nitrogen functional groups attached to an aromatic ring is 1. The molecule has 0 unspecified atom stereocenters. The van der Waals surface area contributed by atoms with Gasteiger partial charge in [0.15, 0.2) is 0 Å². The van der Waals surface area contributed by atoms with Crippen LogP contribution in [0.1, 0.15) is 29.0 Å². The first kappa shape index (κ1) is 15.0. The number of carbonyl (C=O) groups is 1. The summed E-state index contributed by atoms with van der Waals surface area (Å²) in [4.78, 5) is 13.3. The maximum atomic E-state index is 11.3. The predicted octanol–water partition coefficient (Wildman–Crippen LogP) is -0.144. The molecule has 1 saturated heterocycles. The SMILES string of the molecule is CN(Cc1cc(C(=O)NN)co1)CC1(O)CCOCC1. The predicted molar refractivity (Wildman–Crippen MR) is 71.7 cm³/mol. The van der Waals surface area contributed by atoms with Crippen LogP contribution in [-0.2, 0) is 11.3 Å². The monoisotopic (exact) mass is 283 g/mol. The van der Waals surface area contributed by atoms with E-state index in [1.165, 1.54) is 6.26 Å². The fraction of sp³-hybridized carbons (Fsp3) is 0.615. The first-order valence-corrected chi connectivity index (χ1v) is 6.59. The number of carbonyl (C=O) groups excluding carboxylic acids is 1. The summed E-state index contributed by atoms with van der Waals surface area (Å²) in [6.45, 7) is 2.23. The van der Waals surface area contributed by atoms with Gasteiger partial charge in [0.05, 0.1) is 17.7 Å². The van der Waals surface area contributed by atoms with Gasteiger partial charge in [0.2, 0.25) is 0 Å².